The number of hydrogen-bond donors (Lipinski definition) is 1. The van der Waals surface area contributed by atoms with E-state index in [1.54, 1.807) is 7.11 Å². The van der Waals surface area contributed by atoms with Gasteiger partial charge in [-0.05, 0) is 20.3 Å². The standard InChI is InChI=1S/C10H20O3/c1-5-10(11,6-9(2)3)7-13-8-12-4/h6,11H,5,7-8H2,1-4H3. The fraction of sp³-hybridized carbons (Fsp3) is 0.800. The first-order chi connectivity index (χ1) is 6.04. The molecule has 1 N–H and O–H groups in total. The Kier molecular flexibility index (Phi) is 5.95. The summed E-state index contributed by atoms with van der Waals surface area (Å²) in [7, 11) is 1.56. The molecular weight excluding hydrogens is 168 g/mol. The van der Waals surface area contributed by atoms with E-state index in [4.69, 9.17) is 9.47 Å². The van der Waals surface area contributed by atoms with Gasteiger partial charge in [-0.3, -0.25) is 0 Å². The van der Waals surface area contributed by atoms with Crippen LogP contribution in [0.5, 0.6) is 0 Å². The Morgan fingerprint density at radius 1 is 1.46 bits per heavy atom. The molecule has 3 nitrogen and oxygen atoms in total. The van der Waals surface area contributed by atoms with Crippen molar-refractivity contribution in [1.82, 2.24) is 0 Å². The van der Waals surface area contributed by atoms with Crippen LogP contribution in [-0.4, -0.2) is 31.2 Å². The van der Waals surface area contributed by atoms with Crippen molar-refractivity contribution < 1.29 is 14.6 Å². The van der Waals surface area contributed by atoms with Crippen LogP contribution < -0.4 is 0 Å². The Morgan fingerprint density at radius 3 is 2.46 bits per heavy atom. The molecule has 0 heterocycles. The molecular formula is C10H20O3. The Bertz CT molecular complexity index is 162. The summed E-state index contributed by atoms with van der Waals surface area (Å²) in [5.41, 5.74) is 0.238. The van der Waals surface area contributed by atoms with Gasteiger partial charge in [0.05, 0.1) is 6.61 Å². The lowest BCUT2D eigenvalue weighted by atomic mass is 9.99. The molecule has 0 aromatic rings. The Labute approximate surface area is 80.4 Å². The lowest BCUT2D eigenvalue weighted by molar-refractivity contribution is -0.0851. The molecule has 78 valence electrons. The third-order valence-corrected chi connectivity index (χ3v) is 1.72. The molecule has 0 spiro atoms. The minimum Gasteiger partial charge on any atom is -0.383 e. The van der Waals surface area contributed by atoms with E-state index in [0.717, 1.165) is 5.57 Å². The van der Waals surface area contributed by atoms with Crippen molar-refractivity contribution in [2.75, 3.05) is 20.5 Å². The topological polar surface area (TPSA) is 38.7 Å². The number of ether oxygens (including phenoxy) is 2. The second kappa shape index (κ2) is 6.13. The maximum Gasteiger partial charge on any atom is 0.146 e. The van der Waals surface area contributed by atoms with Crippen molar-refractivity contribution >= 4 is 0 Å². The third-order valence-electron chi connectivity index (χ3n) is 1.72. The van der Waals surface area contributed by atoms with E-state index in [1.807, 2.05) is 26.8 Å². The van der Waals surface area contributed by atoms with E-state index in [1.165, 1.54) is 0 Å². The van der Waals surface area contributed by atoms with E-state index in [0.29, 0.717) is 6.42 Å². The molecule has 0 saturated heterocycles. The second-order valence-electron chi connectivity index (χ2n) is 3.43. The zero-order valence-corrected chi connectivity index (χ0v) is 8.96. The molecule has 0 rings (SSSR count). The zero-order chi connectivity index (χ0) is 10.3. The van der Waals surface area contributed by atoms with Gasteiger partial charge in [0.2, 0.25) is 0 Å². The van der Waals surface area contributed by atoms with Crippen molar-refractivity contribution in [3.05, 3.63) is 11.6 Å². The summed E-state index contributed by atoms with van der Waals surface area (Å²) >= 11 is 0. The smallest absolute Gasteiger partial charge is 0.146 e. The molecule has 0 saturated carbocycles. The van der Waals surface area contributed by atoms with Crippen LogP contribution in [0.3, 0.4) is 0 Å². The van der Waals surface area contributed by atoms with Crippen LogP contribution in [0, 0.1) is 0 Å². The molecule has 13 heavy (non-hydrogen) atoms. The maximum atomic E-state index is 9.96. The fourth-order valence-corrected chi connectivity index (χ4v) is 1.08. The van der Waals surface area contributed by atoms with Gasteiger partial charge in [-0.2, -0.15) is 0 Å². The molecule has 1 atom stereocenters. The monoisotopic (exact) mass is 188 g/mol. The summed E-state index contributed by atoms with van der Waals surface area (Å²) in [4.78, 5) is 0. The van der Waals surface area contributed by atoms with Crippen molar-refractivity contribution in [3.8, 4) is 0 Å². The molecule has 0 amide bonds. The number of rotatable bonds is 6. The van der Waals surface area contributed by atoms with Crippen molar-refractivity contribution in [2.45, 2.75) is 32.8 Å². The van der Waals surface area contributed by atoms with Gasteiger partial charge in [-0.25, -0.2) is 0 Å². The average Bonchev–Trinajstić information content (AvgIpc) is 2.04. The van der Waals surface area contributed by atoms with Crippen LogP contribution in [-0.2, 0) is 9.47 Å². The van der Waals surface area contributed by atoms with E-state index < -0.39 is 5.60 Å². The molecule has 0 aliphatic heterocycles. The highest BCUT2D eigenvalue weighted by Gasteiger charge is 2.21. The molecule has 3 heteroatoms. The highest BCUT2D eigenvalue weighted by molar-refractivity contribution is 5.06. The van der Waals surface area contributed by atoms with Crippen LogP contribution in [0.25, 0.3) is 0 Å². The molecule has 1 unspecified atom stereocenters. The number of methoxy groups -OCH3 is 1. The Morgan fingerprint density at radius 2 is 2.08 bits per heavy atom. The highest BCUT2D eigenvalue weighted by atomic mass is 16.7. The lowest BCUT2D eigenvalue weighted by Crippen LogP contribution is -2.32. The summed E-state index contributed by atoms with van der Waals surface area (Å²) in [6.07, 6.45) is 2.46. The van der Waals surface area contributed by atoms with Gasteiger partial charge in [0, 0.05) is 7.11 Å². The van der Waals surface area contributed by atoms with E-state index in [-0.39, 0.29) is 13.4 Å². The summed E-state index contributed by atoms with van der Waals surface area (Å²) in [6.45, 7) is 6.34. The zero-order valence-electron chi connectivity index (χ0n) is 8.96. The molecule has 0 aliphatic rings. The molecule has 0 aromatic heterocycles. The van der Waals surface area contributed by atoms with Crippen molar-refractivity contribution in [2.24, 2.45) is 0 Å². The summed E-state index contributed by atoms with van der Waals surface area (Å²) < 4.78 is 9.86. The first-order valence-electron chi connectivity index (χ1n) is 4.49. The minimum atomic E-state index is -0.850. The largest absolute Gasteiger partial charge is 0.383 e. The van der Waals surface area contributed by atoms with Gasteiger partial charge >= 0.3 is 0 Å². The quantitative estimate of drug-likeness (QED) is 0.392. The van der Waals surface area contributed by atoms with Gasteiger partial charge in [-0.15, -0.1) is 0 Å². The fourth-order valence-electron chi connectivity index (χ4n) is 1.08. The second-order valence-corrected chi connectivity index (χ2v) is 3.43. The number of aliphatic hydroxyl groups is 1. The van der Waals surface area contributed by atoms with Crippen LogP contribution >= 0.6 is 0 Å². The number of hydrogen-bond acceptors (Lipinski definition) is 3. The van der Waals surface area contributed by atoms with Gasteiger partial charge in [0.1, 0.15) is 12.4 Å². The SMILES string of the molecule is CCC(O)(C=C(C)C)COCOC. The highest BCUT2D eigenvalue weighted by Crippen LogP contribution is 2.14. The Balaban J connectivity index is 4.04. The van der Waals surface area contributed by atoms with Gasteiger partial charge in [0.15, 0.2) is 0 Å². The lowest BCUT2D eigenvalue weighted by Gasteiger charge is -2.23. The van der Waals surface area contributed by atoms with Crippen LogP contribution in [0.15, 0.2) is 11.6 Å². The van der Waals surface area contributed by atoms with Crippen molar-refractivity contribution in [1.29, 1.82) is 0 Å². The molecule has 0 aromatic carbocycles. The average molecular weight is 188 g/mol. The van der Waals surface area contributed by atoms with Crippen molar-refractivity contribution in [3.63, 3.8) is 0 Å². The van der Waals surface area contributed by atoms with Gasteiger partial charge < -0.3 is 14.6 Å². The third kappa shape index (κ3) is 5.80. The predicted octanol–water partition coefficient (Wildman–Crippen LogP) is 1.71. The first-order valence-corrected chi connectivity index (χ1v) is 4.49. The summed E-state index contributed by atoms with van der Waals surface area (Å²) in [6, 6.07) is 0. The van der Waals surface area contributed by atoms with Crippen LogP contribution in [0.4, 0.5) is 0 Å². The molecule has 0 aliphatic carbocycles. The molecule has 0 bridgehead atoms. The predicted molar refractivity (Wildman–Crippen MR) is 52.5 cm³/mol. The van der Waals surface area contributed by atoms with Gasteiger partial charge in [-0.1, -0.05) is 18.6 Å². The molecule has 0 radical (unpaired) electrons. The van der Waals surface area contributed by atoms with Crippen LogP contribution in [0.2, 0.25) is 0 Å². The van der Waals surface area contributed by atoms with Gasteiger partial charge in [0.25, 0.3) is 0 Å². The Hall–Kier alpha value is -0.380. The van der Waals surface area contributed by atoms with E-state index in [9.17, 15) is 5.11 Å². The summed E-state index contributed by atoms with van der Waals surface area (Å²) in [5, 5.41) is 9.96. The normalized spacial score (nSPS) is 15.2. The first kappa shape index (κ1) is 12.6. The number of allylic oxidation sites excluding steroid dienone is 1. The minimum absolute atomic E-state index is 0.221. The van der Waals surface area contributed by atoms with E-state index >= 15 is 0 Å². The molecule has 0 fully saturated rings. The maximum absolute atomic E-state index is 9.96. The van der Waals surface area contributed by atoms with E-state index in [2.05, 4.69) is 0 Å². The summed E-state index contributed by atoms with van der Waals surface area (Å²) in [5.74, 6) is 0. The van der Waals surface area contributed by atoms with Crippen LogP contribution in [0.1, 0.15) is 27.2 Å².